The number of nitrogens with zero attached hydrogens (tertiary/aromatic N) is 1. The highest BCUT2D eigenvalue weighted by molar-refractivity contribution is 5.66. The molecule has 2 heterocycles. The fourth-order valence-corrected chi connectivity index (χ4v) is 2.39. The molecule has 0 saturated carbocycles. The van der Waals surface area contributed by atoms with E-state index < -0.39 is 12.3 Å². The van der Waals surface area contributed by atoms with Gasteiger partial charge in [0.15, 0.2) is 0 Å². The summed E-state index contributed by atoms with van der Waals surface area (Å²) in [6.45, 7) is 0. The first-order valence-electron chi connectivity index (χ1n) is 4.35. The third-order valence-electron chi connectivity index (χ3n) is 2.96. The molecule has 1 amide bonds. The highest BCUT2D eigenvalue weighted by Crippen LogP contribution is 2.36. The zero-order valence-corrected chi connectivity index (χ0v) is 6.74. The number of amides is 1. The lowest BCUT2D eigenvalue weighted by atomic mass is 10.0. The van der Waals surface area contributed by atoms with Crippen molar-refractivity contribution < 1.29 is 14.3 Å². The Kier molecular flexibility index (Phi) is 1.70. The third-order valence-corrected chi connectivity index (χ3v) is 2.96. The second kappa shape index (κ2) is 2.61. The zero-order valence-electron chi connectivity index (χ0n) is 6.74. The van der Waals surface area contributed by atoms with E-state index in [1.165, 1.54) is 4.90 Å². The van der Waals surface area contributed by atoms with Crippen LogP contribution >= 0.6 is 0 Å². The van der Waals surface area contributed by atoms with E-state index in [0.717, 1.165) is 6.42 Å². The molecule has 0 aromatic rings. The standard InChI is InChI=1S/C8H12FNO2/c9-6-3-1-5-2-4-7(6)10(5)8(11)12/h5-7H,1-4H2,(H,11,12). The summed E-state index contributed by atoms with van der Waals surface area (Å²) < 4.78 is 13.2. The van der Waals surface area contributed by atoms with Gasteiger partial charge in [0, 0.05) is 6.04 Å². The molecule has 2 aliphatic heterocycles. The average Bonchev–Trinajstić information content (AvgIpc) is 2.35. The lowest BCUT2D eigenvalue weighted by molar-refractivity contribution is 0.0613. The first-order valence-corrected chi connectivity index (χ1v) is 4.35. The van der Waals surface area contributed by atoms with E-state index in [0.29, 0.717) is 19.3 Å². The number of alkyl halides is 1. The van der Waals surface area contributed by atoms with Crippen molar-refractivity contribution in [1.29, 1.82) is 0 Å². The van der Waals surface area contributed by atoms with Crippen LogP contribution in [-0.4, -0.2) is 34.4 Å². The normalized spacial score (nSPS) is 40.1. The Morgan fingerprint density at radius 2 is 2.00 bits per heavy atom. The molecule has 0 spiro atoms. The monoisotopic (exact) mass is 173 g/mol. The van der Waals surface area contributed by atoms with Crippen LogP contribution in [0.2, 0.25) is 0 Å². The zero-order chi connectivity index (χ0) is 8.72. The van der Waals surface area contributed by atoms with E-state index >= 15 is 0 Å². The summed E-state index contributed by atoms with van der Waals surface area (Å²) in [6.07, 6.45) is 0.906. The number of piperidine rings is 1. The molecule has 0 aliphatic carbocycles. The minimum Gasteiger partial charge on any atom is -0.465 e. The molecule has 0 radical (unpaired) electrons. The Balaban J connectivity index is 2.18. The van der Waals surface area contributed by atoms with Gasteiger partial charge in [0.1, 0.15) is 6.17 Å². The smallest absolute Gasteiger partial charge is 0.407 e. The summed E-state index contributed by atoms with van der Waals surface area (Å²) in [4.78, 5) is 12.0. The minimum absolute atomic E-state index is 0.0968. The van der Waals surface area contributed by atoms with Crippen LogP contribution in [0.25, 0.3) is 0 Å². The summed E-state index contributed by atoms with van der Waals surface area (Å²) in [7, 11) is 0. The Bertz CT molecular complexity index is 209. The van der Waals surface area contributed by atoms with Gasteiger partial charge in [0.25, 0.3) is 0 Å². The van der Waals surface area contributed by atoms with Gasteiger partial charge >= 0.3 is 6.09 Å². The first kappa shape index (κ1) is 7.83. The van der Waals surface area contributed by atoms with Gasteiger partial charge in [0.2, 0.25) is 0 Å². The Labute approximate surface area is 70.2 Å². The van der Waals surface area contributed by atoms with Crippen molar-refractivity contribution in [3.05, 3.63) is 0 Å². The maximum absolute atomic E-state index is 13.2. The van der Waals surface area contributed by atoms with Crippen molar-refractivity contribution in [2.24, 2.45) is 0 Å². The maximum Gasteiger partial charge on any atom is 0.407 e. The van der Waals surface area contributed by atoms with Gasteiger partial charge in [-0.05, 0) is 25.7 Å². The molecule has 0 aromatic heterocycles. The van der Waals surface area contributed by atoms with Gasteiger partial charge in [-0.3, -0.25) is 4.90 Å². The van der Waals surface area contributed by atoms with E-state index in [9.17, 15) is 9.18 Å². The highest BCUT2D eigenvalue weighted by atomic mass is 19.1. The molecule has 68 valence electrons. The fourth-order valence-electron chi connectivity index (χ4n) is 2.39. The quantitative estimate of drug-likeness (QED) is 0.604. The SMILES string of the molecule is O=C(O)N1C2CCC(F)C1CC2. The van der Waals surface area contributed by atoms with Crippen molar-refractivity contribution in [2.45, 2.75) is 43.9 Å². The van der Waals surface area contributed by atoms with Crippen molar-refractivity contribution >= 4 is 6.09 Å². The molecule has 0 aromatic carbocycles. The van der Waals surface area contributed by atoms with Gasteiger partial charge in [-0.25, -0.2) is 9.18 Å². The molecule has 2 rings (SSSR count). The molecule has 2 fully saturated rings. The molecular formula is C8H12FNO2. The second-order valence-corrected chi connectivity index (χ2v) is 3.58. The molecule has 2 saturated heterocycles. The molecule has 4 heteroatoms. The van der Waals surface area contributed by atoms with E-state index in [2.05, 4.69) is 0 Å². The number of hydrogen-bond acceptors (Lipinski definition) is 1. The van der Waals surface area contributed by atoms with Gasteiger partial charge in [0.05, 0.1) is 6.04 Å². The summed E-state index contributed by atoms with van der Waals surface area (Å²) in [5, 5.41) is 8.80. The number of fused-ring (bicyclic) bond motifs is 2. The van der Waals surface area contributed by atoms with E-state index in [4.69, 9.17) is 5.11 Å². The molecule has 2 aliphatic rings. The van der Waals surface area contributed by atoms with Gasteiger partial charge in [-0.15, -0.1) is 0 Å². The van der Waals surface area contributed by atoms with Crippen molar-refractivity contribution in [3.8, 4) is 0 Å². The topological polar surface area (TPSA) is 40.5 Å². The predicted octanol–water partition coefficient (Wildman–Crippen LogP) is 1.63. The summed E-state index contributed by atoms with van der Waals surface area (Å²) in [6, 6.07) is -0.249. The lowest BCUT2D eigenvalue weighted by Crippen LogP contribution is -2.48. The summed E-state index contributed by atoms with van der Waals surface area (Å²) in [5.41, 5.74) is 0. The largest absolute Gasteiger partial charge is 0.465 e. The van der Waals surface area contributed by atoms with Crippen LogP contribution in [0.3, 0.4) is 0 Å². The first-order chi connectivity index (χ1) is 5.70. The molecular weight excluding hydrogens is 161 g/mol. The second-order valence-electron chi connectivity index (χ2n) is 3.58. The van der Waals surface area contributed by atoms with Crippen LogP contribution in [0.5, 0.6) is 0 Å². The highest BCUT2D eigenvalue weighted by Gasteiger charge is 2.45. The molecule has 12 heavy (non-hydrogen) atoms. The van der Waals surface area contributed by atoms with Crippen molar-refractivity contribution in [1.82, 2.24) is 4.90 Å². The van der Waals surface area contributed by atoms with Crippen LogP contribution in [0.15, 0.2) is 0 Å². The number of rotatable bonds is 0. The molecule has 2 bridgehead atoms. The van der Waals surface area contributed by atoms with Crippen LogP contribution in [0.4, 0.5) is 9.18 Å². The summed E-state index contributed by atoms with van der Waals surface area (Å²) >= 11 is 0. The van der Waals surface area contributed by atoms with E-state index in [1.54, 1.807) is 0 Å². The lowest BCUT2D eigenvalue weighted by Gasteiger charge is -2.34. The molecule has 3 atom stereocenters. The molecule has 3 nitrogen and oxygen atoms in total. The number of carbonyl (C=O) groups is 1. The van der Waals surface area contributed by atoms with Gasteiger partial charge < -0.3 is 5.11 Å². The fraction of sp³-hybridized carbons (Fsp3) is 0.875. The predicted molar refractivity (Wildman–Crippen MR) is 40.8 cm³/mol. The molecule has 3 unspecified atom stereocenters. The average molecular weight is 173 g/mol. The summed E-state index contributed by atoms with van der Waals surface area (Å²) in [5.74, 6) is 0. The van der Waals surface area contributed by atoms with Gasteiger partial charge in [-0.1, -0.05) is 0 Å². The van der Waals surface area contributed by atoms with Crippen molar-refractivity contribution in [2.75, 3.05) is 0 Å². The van der Waals surface area contributed by atoms with Crippen LogP contribution in [0, 0.1) is 0 Å². The van der Waals surface area contributed by atoms with E-state index in [1.807, 2.05) is 0 Å². The van der Waals surface area contributed by atoms with E-state index in [-0.39, 0.29) is 12.1 Å². The van der Waals surface area contributed by atoms with Crippen LogP contribution in [0.1, 0.15) is 25.7 Å². The van der Waals surface area contributed by atoms with Crippen LogP contribution in [-0.2, 0) is 0 Å². The Morgan fingerprint density at radius 1 is 1.33 bits per heavy atom. The minimum atomic E-state index is -0.954. The third kappa shape index (κ3) is 0.974. The number of hydrogen-bond donors (Lipinski definition) is 1. The number of halogens is 1. The van der Waals surface area contributed by atoms with Gasteiger partial charge in [-0.2, -0.15) is 0 Å². The van der Waals surface area contributed by atoms with Crippen LogP contribution < -0.4 is 0 Å². The molecule has 1 N–H and O–H groups in total. The van der Waals surface area contributed by atoms with Crippen molar-refractivity contribution in [3.63, 3.8) is 0 Å². The maximum atomic E-state index is 13.2. The Morgan fingerprint density at radius 3 is 2.58 bits per heavy atom. The Hall–Kier alpha value is -0.800. The number of carboxylic acid groups (broad SMARTS) is 1.